The summed E-state index contributed by atoms with van der Waals surface area (Å²) in [5, 5.41) is 16.4. The third-order valence-corrected chi connectivity index (χ3v) is 6.09. The third-order valence-electron chi connectivity index (χ3n) is 6.09. The van der Waals surface area contributed by atoms with Crippen LogP contribution < -0.4 is 15.4 Å². The Bertz CT molecular complexity index is 921. The van der Waals surface area contributed by atoms with Gasteiger partial charge in [0, 0.05) is 18.9 Å². The molecule has 3 rings (SSSR count). The molecule has 1 aliphatic carbocycles. The normalized spacial score (nSPS) is 23.5. The maximum atomic E-state index is 13.7. The largest absolute Gasteiger partial charge is 0.496 e. The summed E-state index contributed by atoms with van der Waals surface area (Å²) in [7, 11) is 1.43. The van der Waals surface area contributed by atoms with E-state index in [0.29, 0.717) is 38.0 Å². The lowest BCUT2D eigenvalue weighted by atomic mass is 9.74. The van der Waals surface area contributed by atoms with Crippen molar-refractivity contribution in [2.45, 2.75) is 50.2 Å². The summed E-state index contributed by atoms with van der Waals surface area (Å²) in [6.45, 7) is 1.75. The summed E-state index contributed by atoms with van der Waals surface area (Å²) >= 11 is 0. The monoisotopic (exact) mass is 428 g/mol. The van der Waals surface area contributed by atoms with Gasteiger partial charge in [-0.05, 0) is 49.4 Å². The van der Waals surface area contributed by atoms with Gasteiger partial charge in [-0.25, -0.2) is 4.39 Å². The van der Waals surface area contributed by atoms with Crippen LogP contribution in [0.25, 0.3) is 0 Å². The van der Waals surface area contributed by atoms with Crippen molar-refractivity contribution in [3.8, 4) is 5.75 Å². The van der Waals surface area contributed by atoms with Gasteiger partial charge in [0.1, 0.15) is 11.6 Å². The Kier molecular flexibility index (Phi) is 7.28. The van der Waals surface area contributed by atoms with Crippen LogP contribution in [0.3, 0.4) is 0 Å². The number of halogens is 1. The predicted octanol–water partition coefficient (Wildman–Crippen LogP) is 2.94. The van der Waals surface area contributed by atoms with E-state index in [4.69, 9.17) is 4.74 Å². The Morgan fingerprint density at radius 2 is 1.87 bits per heavy atom. The molecule has 3 atom stereocenters. The number of rotatable bonds is 6. The highest BCUT2D eigenvalue weighted by molar-refractivity contribution is 5.97. The zero-order valence-corrected chi connectivity index (χ0v) is 17.9. The second-order valence-electron chi connectivity index (χ2n) is 8.13. The number of aliphatic hydroxyl groups excluding tert-OH is 1. The zero-order chi connectivity index (χ0) is 22.4. The third kappa shape index (κ3) is 5.41. The van der Waals surface area contributed by atoms with Crippen LogP contribution in [0.1, 0.15) is 48.5 Å². The fraction of sp³-hybridized carbons (Fsp3) is 0.417. The van der Waals surface area contributed by atoms with E-state index in [1.807, 2.05) is 30.3 Å². The molecule has 0 spiro atoms. The molecule has 2 aromatic rings. The second-order valence-corrected chi connectivity index (χ2v) is 8.13. The van der Waals surface area contributed by atoms with Crippen LogP contribution in [0, 0.1) is 5.82 Å². The average Bonchev–Trinajstić information content (AvgIpc) is 2.92. The Morgan fingerprint density at radius 1 is 1.16 bits per heavy atom. The SMILES string of the molecule is COc1ccc(F)cc1C(=O)NC[C@]1(c2ccccc2)CC[C@H](NC(C)=O)[C@@H](O)CC1. The fourth-order valence-corrected chi connectivity index (χ4v) is 4.37. The molecule has 0 aliphatic heterocycles. The number of hydrogen-bond acceptors (Lipinski definition) is 4. The number of ether oxygens (including phenoxy) is 1. The van der Waals surface area contributed by atoms with Gasteiger partial charge in [-0.2, -0.15) is 0 Å². The van der Waals surface area contributed by atoms with E-state index in [1.54, 1.807) is 0 Å². The molecule has 0 saturated heterocycles. The zero-order valence-electron chi connectivity index (χ0n) is 17.9. The minimum Gasteiger partial charge on any atom is -0.496 e. The Balaban J connectivity index is 1.85. The van der Waals surface area contributed by atoms with E-state index in [0.717, 1.165) is 11.6 Å². The molecule has 0 radical (unpaired) electrons. The first-order valence-corrected chi connectivity index (χ1v) is 10.5. The molecule has 0 bridgehead atoms. The Labute approximate surface area is 181 Å². The lowest BCUT2D eigenvalue weighted by molar-refractivity contribution is -0.120. The lowest BCUT2D eigenvalue weighted by Gasteiger charge is -2.34. The smallest absolute Gasteiger partial charge is 0.255 e. The highest BCUT2D eigenvalue weighted by Gasteiger charge is 2.38. The van der Waals surface area contributed by atoms with Crippen LogP contribution in [0.4, 0.5) is 4.39 Å². The van der Waals surface area contributed by atoms with Gasteiger partial charge in [0.25, 0.3) is 5.91 Å². The maximum Gasteiger partial charge on any atom is 0.255 e. The molecule has 31 heavy (non-hydrogen) atoms. The van der Waals surface area contributed by atoms with Crippen molar-refractivity contribution in [1.29, 1.82) is 0 Å². The highest BCUT2D eigenvalue weighted by atomic mass is 19.1. The van der Waals surface area contributed by atoms with Crippen molar-refractivity contribution < 1.29 is 23.8 Å². The molecule has 1 fully saturated rings. The van der Waals surface area contributed by atoms with Gasteiger partial charge in [0.05, 0.1) is 24.8 Å². The first-order valence-electron chi connectivity index (χ1n) is 10.5. The van der Waals surface area contributed by atoms with Crippen LogP contribution in [-0.2, 0) is 10.2 Å². The minimum absolute atomic E-state index is 0.135. The van der Waals surface area contributed by atoms with E-state index in [-0.39, 0.29) is 17.5 Å². The Morgan fingerprint density at radius 3 is 2.55 bits per heavy atom. The summed E-state index contributed by atoms with van der Waals surface area (Å²) in [6, 6.07) is 13.4. The summed E-state index contributed by atoms with van der Waals surface area (Å²) in [4.78, 5) is 24.4. The molecule has 166 valence electrons. The minimum atomic E-state index is -0.659. The molecule has 0 unspecified atom stereocenters. The number of benzene rings is 2. The first-order chi connectivity index (χ1) is 14.8. The number of nitrogens with one attached hydrogen (secondary N) is 2. The maximum absolute atomic E-state index is 13.7. The molecular formula is C24H29FN2O4. The number of amides is 2. The van der Waals surface area contributed by atoms with E-state index >= 15 is 0 Å². The summed E-state index contributed by atoms with van der Waals surface area (Å²) < 4.78 is 18.9. The number of carbonyl (C=O) groups is 2. The fourth-order valence-electron chi connectivity index (χ4n) is 4.37. The van der Waals surface area contributed by atoms with Crippen molar-refractivity contribution in [3.63, 3.8) is 0 Å². The molecule has 0 aromatic heterocycles. The molecule has 2 amide bonds. The van der Waals surface area contributed by atoms with Crippen molar-refractivity contribution in [1.82, 2.24) is 10.6 Å². The quantitative estimate of drug-likeness (QED) is 0.618. The van der Waals surface area contributed by atoms with Crippen LogP contribution in [-0.4, -0.2) is 42.7 Å². The van der Waals surface area contributed by atoms with Crippen molar-refractivity contribution in [2.75, 3.05) is 13.7 Å². The molecule has 6 nitrogen and oxygen atoms in total. The van der Waals surface area contributed by atoms with Gasteiger partial charge >= 0.3 is 0 Å². The molecule has 3 N–H and O–H groups in total. The van der Waals surface area contributed by atoms with Crippen LogP contribution in [0.15, 0.2) is 48.5 Å². The number of methoxy groups -OCH3 is 1. The second kappa shape index (κ2) is 9.92. The van der Waals surface area contributed by atoms with E-state index in [2.05, 4.69) is 10.6 Å². The van der Waals surface area contributed by atoms with Gasteiger partial charge < -0.3 is 20.5 Å². The van der Waals surface area contributed by atoms with Crippen molar-refractivity contribution in [3.05, 3.63) is 65.5 Å². The molecule has 2 aromatic carbocycles. The molecule has 1 aliphatic rings. The number of hydrogen-bond donors (Lipinski definition) is 3. The molecule has 0 heterocycles. The number of aliphatic hydroxyl groups is 1. The van der Waals surface area contributed by atoms with E-state index in [1.165, 1.54) is 26.2 Å². The van der Waals surface area contributed by atoms with Gasteiger partial charge in [0.2, 0.25) is 5.91 Å². The van der Waals surface area contributed by atoms with Gasteiger partial charge in [-0.3, -0.25) is 9.59 Å². The van der Waals surface area contributed by atoms with Gasteiger partial charge in [-0.1, -0.05) is 30.3 Å². The molecular weight excluding hydrogens is 399 g/mol. The van der Waals surface area contributed by atoms with Crippen LogP contribution in [0.2, 0.25) is 0 Å². The standard InChI is InChI=1S/C24H29FN2O4/c1-16(28)27-20-10-12-24(13-11-21(20)29,17-6-4-3-5-7-17)15-26-23(30)19-14-18(25)8-9-22(19)31-2/h3-9,14,20-21,29H,10-13,15H2,1-2H3,(H,26,30)(H,27,28)/t20-,21-,24-/m0/s1. The van der Waals surface area contributed by atoms with Crippen molar-refractivity contribution in [2.24, 2.45) is 0 Å². The topological polar surface area (TPSA) is 87.7 Å². The van der Waals surface area contributed by atoms with Gasteiger partial charge in [-0.15, -0.1) is 0 Å². The van der Waals surface area contributed by atoms with Gasteiger partial charge in [0.15, 0.2) is 0 Å². The first kappa shape index (κ1) is 22.7. The average molecular weight is 429 g/mol. The summed E-state index contributed by atoms with van der Waals surface area (Å²) in [5.41, 5.74) is 0.763. The summed E-state index contributed by atoms with van der Waals surface area (Å²) in [6.07, 6.45) is 1.70. The van der Waals surface area contributed by atoms with E-state index < -0.39 is 23.2 Å². The molecule has 1 saturated carbocycles. The lowest BCUT2D eigenvalue weighted by Crippen LogP contribution is -2.42. The highest BCUT2D eigenvalue weighted by Crippen LogP contribution is 2.38. The van der Waals surface area contributed by atoms with Crippen molar-refractivity contribution >= 4 is 11.8 Å². The predicted molar refractivity (Wildman–Crippen MR) is 115 cm³/mol. The molecule has 7 heteroatoms. The van der Waals surface area contributed by atoms with Crippen LogP contribution >= 0.6 is 0 Å². The Hall–Kier alpha value is -2.93. The summed E-state index contributed by atoms with van der Waals surface area (Å²) in [5.74, 6) is -0.813. The van der Waals surface area contributed by atoms with E-state index in [9.17, 15) is 19.1 Å². The number of carbonyl (C=O) groups excluding carboxylic acids is 2. The van der Waals surface area contributed by atoms with Crippen LogP contribution in [0.5, 0.6) is 5.75 Å².